The van der Waals surface area contributed by atoms with Crippen LogP contribution >= 0.6 is 15.9 Å². The van der Waals surface area contributed by atoms with Gasteiger partial charge in [0.05, 0.1) is 0 Å². The monoisotopic (exact) mass is 311 g/mol. The van der Waals surface area contributed by atoms with E-state index in [1.165, 1.54) is 24.1 Å². The molecule has 0 fully saturated rings. The van der Waals surface area contributed by atoms with Crippen LogP contribution in [0.3, 0.4) is 0 Å². The van der Waals surface area contributed by atoms with E-state index in [-0.39, 0.29) is 0 Å². The van der Waals surface area contributed by atoms with Crippen LogP contribution in [0.15, 0.2) is 24.3 Å². The Kier molecular flexibility index (Phi) is 6.20. The molecule has 0 amide bonds. The molecule has 0 heterocycles. The van der Waals surface area contributed by atoms with Crippen molar-refractivity contribution in [3.8, 4) is 0 Å². The zero-order valence-electron chi connectivity index (χ0n) is 12.2. The van der Waals surface area contributed by atoms with Crippen LogP contribution in [0, 0.1) is 12.3 Å². The molecule has 0 bridgehead atoms. The molecule has 0 atom stereocenters. The van der Waals surface area contributed by atoms with E-state index in [0.717, 1.165) is 18.4 Å². The van der Waals surface area contributed by atoms with Crippen LogP contribution in [0.25, 0.3) is 0 Å². The molecule has 0 spiro atoms. The highest BCUT2D eigenvalue weighted by Gasteiger charge is 2.27. The average Bonchev–Trinajstić information content (AvgIpc) is 2.42. The predicted molar refractivity (Wildman–Crippen MR) is 85.9 cm³/mol. The Labute approximate surface area is 121 Å². The fourth-order valence-electron chi connectivity index (χ4n) is 2.40. The zero-order chi connectivity index (χ0) is 13.6. The van der Waals surface area contributed by atoms with Crippen molar-refractivity contribution in [3.63, 3.8) is 0 Å². The largest absolute Gasteiger partial charge is 0.371 e. The van der Waals surface area contributed by atoms with Gasteiger partial charge in [0.2, 0.25) is 0 Å². The number of aryl methyl sites for hydroxylation is 1. The van der Waals surface area contributed by atoms with Crippen molar-refractivity contribution in [2.75, 3.05) is 23.3 Å². The molecule has 0 aromatic heterocycles. The molecular weight excluding hydrogens is 286 g/mol. The third-order valence-corrected chi connectivity index (χ3v) is 5.34. The van der Waals surface area contributed by atoms with E-state index in [9.17, 15) is 0 Å². The number of nitrogens with zero attached hydrogens (tertiary/aromatic N) is 1. The predicted octanol–water partition coefficient (Wildman–Crippen LogP) is 5.02. The molecule has 0 saturated carbocycles. The number of benzene rings is 1. The first-order valence-electron chi connectivity index (χ1n) is 6.99. The van der Waals surface area contributed by atoms with Gasteiger partial charge in [-0.3, -0.25) is 0 Å². The summed E-state index contributed by atoms with van der Waals surface area (Å²) in [4.78, 5) is 2.52. The van der Waals surface area contributed by atoms with E-state index in [4.69, 9.17) is 0 Å². The molecule has 0 N–H and O–H groups in total. The second-order valence-corrected chi connectivity index (χ2v) is 5.70. The first-order valence-corrected chi connectivity index (χ1v) is 8.11. The van der Waals surface area contributed by atoms with Crippen molar-refractivity contribution in [1.29, 1.82) is 0 Å². The van der Waals surface area contributed by atoms with Crippen molar-refractivity contribution < 1.29 is 0 Å². The van der Waals surface area contributed by atoms with E-state index >= 15 is 0 Å². The first-order chi connectivity index (χ1) is 8.62. The van der Waals surface area contributed by atoms with Gasteiger partial charge in [-0.05, 0) is 43.7 Å². The topological polar surface area (TPSA) is 3.24 Å². The molecule has 1 aromatic rings. The van der Waals surface area contributed by atoms with Gasteiger partial charge in [0, 0.05) is 24.1 Å². The molecule has 1 nitrogen and oxygen atoms in total. The van der Waals surface area contributed by atoms with Crippen LogP contribution in [0.2, 0.25) is 0 Å². The summed E-state index contributed by atoms with van der Waals surface area (Å²) in [5.41, 5.74) is 3.14. The zero-order valence-corrected chi connectivity index (χ0v) is 13.8. The van der Waals surface area contributed by atoms with Gasteiger partial charge in [-0.2, -0.15) is 0 Å². The summed E-state index contributed by atoms with van der Waals surface area (Å²) in [7, 11) is 0. The summed E-state index contributed by atoms with van der Waals surface area (Å²) in [6, 6.07) is 8.69. The van der Waals surface area contributed by atoms with Gasteiger partial charge in [-0.15, -0.1) is 0 Å². The maximum Gasteiger partial charge on any atom is 0.0396 e. The maximum absolute atomic E-state index is 3.72. The number of para-hydroxylation sites is 1. The van der Waals surface area contributed by atoms with E-state index in [1.807, 2.05) is 0 Å². The Morgan fingerprint density at radius 2 is 1.72 bits per heavy atom. The Hall–Kier alpha value is -0.500. The minimum atomic E-state index is 0.387. The maximum atomic E-state index is 3.72. The third kappa shape index (κ3) is 3.50. The van der Waals surface area contributed by atoms with Crippen molar-refractivity contribution in [2.24, 2.45) is 5.41 Å². The summed E-state index contributed by atoms with van der Waals surface area (Å²) in [6.45, 7) is 11.3. The summed E-state index contributed by atoms with van der Waals surface area (Å²) in [6.07, 6.45) is 2.44. The third-order valence-electron chi connectivity index (χ3n) is 4.15. The second kappa shape index (κ2) is 7.18. The average molecular weight is 312 g/mol. The highest BCUT2D eigenvalue weighted by molar-refractivity contribution is 9.09. The number of halogens is 1. The Balaban J connectivity index is 2.94. The van der Waals surface area contributed by atoms with Crippen molar-refractivity contribution in [3.05, 3.63) is 29.8 Å². The summed E-state index contributed by atoms with van der Waals surface area (Å²) >= 11 is 3.72. The Morgan fingerprint density at radius 3 is 2.17 bits per heavy atom. The van der Waals surface area contributed by atoms with Crippen molar-refractivity contribution in [2.45, 2.75) is 40.5 Å². The number of alkyl halides is 1. The quantitative estimate of drug-likeness (QED) is 0.639. The van der Waals surface area contributed by atoms with Crippen LogP contribution < -0.4 is 4.90 Å². The number of hydrogen-bond acceptors (Lipinski definition) is 1. The van der Waals surface area contributed by atoms with E-state index in [2.05, 4.69) is 72.8 Å². The van der Waals surface area contributed by atoms with Crippen molar-refractivity contribution >= 4 is 21.6 Å². The van der Waals surface area contributed by atoms with Gasteiger partial charge in [0.15, 0.2) is 0 Å². The highest BCUT2D eigenvalue weighted by Crippen LogP contribution is 2.32. The van der Waals surface area contributed by atoms with Gasteiger partial charge < -0.3 is 4.90 Å². The smallest absolute Gasteiger partial charge is 0.0396 e. The van der Waals surface area contributed by atoms with Crippen LogP contribution in [-0.2, 0) is 0 Å². The lowest BCUT2D eigenvalue weighted by molar-refractivity contribution is 0.312. The van der Waals surface area contributed by atoms with E-state index in [1.54, 1.807) is 0 Å². The SMILES string of the molecule is CCN(CC(CC)(CC)CBr)c1ccccc1C. The van der Waals surface area contributed by atoms with Crippen LogP contribution in [0.5, 0.6) is 0 Å². The molecule has 0 saturated heterocycles. The van der Waals surface area contributed by atoms with E-state index in [0.29, 0.717) is 5.41 Å². The van der Waals surface area contributed by atoms with Crippen LogP contribution in [-0.4, -0.2) is 18.4 Å². The second-order valence-electron chi connectivity index (χ2n) is 5.14. The molecule has 0 aliphatic rings. The molecule has 1 rings (SSSR count). The van der Waals surface area contributed by atoms with Crippen LogP contribution in [0.4, 0.5) is 5.69 Å². The van der Waals surface area contributed by atoms with E-state index < -0.39 is 0 Å². The summed E-state index contributed by atoms with van der Waals surface area (Å²) in [5.74, 6) is 0. The molecule has 0 unspecified atom stereocenters. The molecule has 0 radical (unpaired) electrons. The van der Waals surface area contributed by atoms with Gasteiger partial charge >= 0.3 is 0 Å². The molecule has 18 heavy (non-hydrogen) atoms. The van der Waals surface area contributed by atoms with Gasteiger partial charge in [0.25, 0.3) is 0 Å². The summed E-state index contributed by atoms with van der Waals surface area (Å²) < 4.78 is 0. The minimum Gasteiger partial charge on any atom is -0.371 e. The molecule has 0 aliphatic heterocycles. The number of hydrogen-bond donors (Lipinski definition) is 0. The lowest BCUT2D eigenvalue weighted by atomic mass is 9.84. The Bertz CT molecular complexity index is 350. The minimum absolute atomic E-state index is 0.387. The molecule has 102 valence electrons. The lowest BCUT2D eigenvalue weighted by Gasteiger charge is -2.37. The normalized spacial score (nSPS) is 11.6. The first kappa shape index (κ1) is 15.6. The van der Waals surface area contributed by atoms with Crippen molar-refractivity contribution in [1.82, 2.24) is 0 Å². The number of anilines is 1. The standard InChI is InChI=1S/C16H26BrN/c1-5-16(6-2,12-17)13-18(7-3)15-11-9-8-10-14(15)4/h8-11H,5-7,12-13H2,1-4H3. The lowest BCUT2D eigenvalue weighted by Crippen LogP contribution is -2.38. The fourth-order valence-corrected chi connectivity index (χ4v) is 3.37. The number of rotatable bonds is 7. The van der Waals surface area contributed by atoms with Gasteiger partial charge in [-0.1, -0.05) is 48.0 Å². The molecule has 1 aromatic carbocycles. The molecule has 2 heteroatoms. The van der Waals surface area contributed by atoms with Gasteiger partial charge in [-0.25, -0.2) is 0 Å². The Morgan fingerprint density at radius 1 is 1.11 bits per heavy atom. The summed E-state index contributed by atoms with van der Waals surface area (Å²) in [5, 5.41) is 1.08. The highest BCUT2D eigenvalue weighted by atomic mass is 79.9. The van der Waals surface area contributed by atoms with Gasteiger partial charge in [0.1, 0.15) is 0 Å². The molecule has 0 aliphatic carbocycles. The van der Waals surface area contributed by atoms with Crippen LogP contribution in [0.1, 0.15) is 39.2 Å². The molecular formula is C16H26BrN. The fraction of sp³-hybridized carbons (Fsp3) is 0.625.